The summed E-state index contributed by atoms with van der Waals surface area (Å²) in [5.41, 5.74) is 3.60. The van der Waals surface area contributed by atoms with Gasteiger partial charge in [-0.3, -0.25) is 4.98 Å². The van der Waals surface area contributed by atoms with Crippen molar-refractivity contribution in [2.45, 2.75) is 37.7 Å². The van der Waals surface area contributed by atoms with Gasteiger partial charge < -0.3 is 5.11 Å². The van der Waals surface area contributed by atoms with Gasteiger partial charge in [-0.25, -0.2) is 0 Å². The molecule has 0 fully saturated rings. The standard InChI is InChI=1S/C17H18ClNO/c18-16-11-19-9-8-15(16)17(20)10-13-6-3-5-12-4-1-2-7-14(12)13/h1-2,4,7-9,11,13,17,20H,3,5-6,10H2. The molecule has 2 unspecified atom stereocenters. The number of hydrogen-bond donors (Lipinski definition) is 1. The average molecular weight is 288 g/mol. The van der Waals surface area contributed by atoms with E-state index in [2.05, 4.69) is 29.2 Å². The highest BCUT2D eigenvalue weighted by Crippen LogP contribution is 2.38. The fourth-order valence-corrected chi connectivity index (χ4v) is 3.40. The Morgan fingerprint density at radius 1 is 1.30 bits per heavy atom. The first-order chi connectivity index (χ1) is 9.75. The molecule has 3 heteroatoms. The first-order valence-corrected chi connectivity index (χ1v) is 7.49. The van der Waals surface area contributed by atoms with Gasteiger partial charge >= 0.3 is 0 Å². The van der Waals surface area contributed by atoms with Gasteiger partial charge in [0.2, 0.25) is 0 Å². The number of pyridine rings is 1. The van der Waals surface area contributed by atoms with Crippen molar-refractivity contribution in [2.75, 3.05) is 0 Å². The van der Waals surface area contributed by atoms with Crippen LogP contribution in [0.4, 0.5) is 0 Å². The van der Waals surface area contributed by atoms with Crippen LogP contribution in [0.2, 0.25) is 5.02 Å². The van der Waals surface area contributed by atoms with Crippen molar-refractivity contribution in [3.05, 3.63) is 64.4 Å². The first kappa shape index (κ1) is 13.6. The number of aliphatic hydroxyl groups excluding tert-OH is 1. The van der Waals surface area contributed by atoms with Crippen molar-refractivity contribution >= 4 is 11.6 Å². The number of aliphatic hydroxyl groups is 1. The molecule has 1 aliphatic rings. The predicted molar refractivity (Wildman–Crippen MR) is 80.9 cm³/mol. The van der Waals surface area contributed by atoms with E-state index < -0.39 is 6.10 Å². The van der Waals surface area contributed by atoms with Crippen molar-refractivity contribution in [2.24, 2.45) is 0 Å². The van der Waals surface area contributed by atoms with E-state index in [0.717, 1.165) is 24.8 Å². The lowest BCUT2D eigenvalue weighted by atomic mass is 9.79. The van der Waals surface area contributed by atoms with Crippen molar-refractivity contribution < 1.29 is 5.11 Å². The molecule has 20 heavy (non-hydrogen) atoms. The van der Waals surface area contributed by atoms with E-state index in [4.69, 9.17) is 11.6 Å². The van der Waals surface area contributed by atoms with Crippen LogP contribution in [0.3, 0.4) is 0 Å². The molecule has 2 atom stereocenters. The van der Waals surface area contributed by atoms with Gasteiger partial charge in [-0.2, -0.15) is 0 Å². The maximum atomic E-state index is 10.5. The quantitative estimate of drug-likeness (QED) is 0.914. The number of fused-ring (bicyclic) bond motifs is 1. The fraction of sp³-hybridized carbons (Fsp3) is 0.353. The second-order valence-electron chi connectivity index (χ2n) is 5.44. The van der Waals surface area contributed by atoms with E-state index in [-0.39, 0.29) is 0 Å². The van der Waals surface area contributed by atoms with Gasteiger partial charge in [0.15, 0.2) is 0 Å². The Morgan fingerprint density at radius 2 is 2.15 bits per heavy atom. The molecule has 0 bridgehead atoms. The van der Waals surface area contributed by atoms with Crippen molar-refractivity contribution in [3.8, 4) is 0 Å². The third-order valence-electron chi connectivity index (χ3n) is 4.16. The summed E-state index contributed by atoms with van der Waals surface area (Å²) in [4.78, 5) is 3.97. The number of nitrogens with zero attached hydrogens (tertiary/aromatic N) is 1. The molecule has 0 radical (unpaired) electrons. The zero-order chi connectivity index (χ0) is 13.9. The van der Waals surface area contributed by atoms with E-state index >= 15 is 0 Å². The van der Waals surface area contributed by atoms with Gasteiger partial charge in [0.1, 0.15) is 0 Å². The summed E-state index contributed by atoms with van der Waals surface area (Å²) in [5, 5.41) is 11.0. The van der Waals surface area contributed by atoms with Gasteiger partial charge in [-0.15, -0.1) is 0 Å². The van der Waals surface area contributed by atoms with Crippen LogP contribution < -0.4 is 0 Å². The SMILES string of the molecule is OC(CC1CCCc2ccccc21)c1ccncc1Cl. The van der Waals surface area contributed by atoms with Crippen LogP contribution in [0.5, 0.6) is 0 Å². The highest BCUT2D eigenvalue weighted by Gasteiger charge is 2.23. The van der Waals surface area contributed by atoms with E-state index in [1.165, 1.54) is 17.5 Å². The van der Waals surface area contributed by atoms with E-state index in [1.807, 2.05) is 6.07 Å². The molecule has 2 aromatic rings. The van der Waals surface area contributed by atoms with E-state index in [1.54, 1.807) is 12.4 Å². The van der Waals surface area contributed by atoms with Crippen molar-refractivity contribution in [1.29, 1.82) is 0 Å². The monoisotopic (exact) mass is 287 g/mol. The summed E-state index contributed by atoms with van der Waals surface area (Å²) >= 11 is 6.11. The number of hydrogen-bond acceptors (Lipinski definition) is 2. The lowest BCUT2D eigenvalue weighted by molar-refractivity contribution is 0.154. The van der Waals surface area contributed by atoms with Crippen LogP contribution in [0.15, 0.2) is 42.7 Å². The molecule has 2 nitrogen and oxygen atoms in total. The summed E-state index contributed by atoms with van der Waals surface area (Å²) in [6, 6.07) is 10.4. The van der Waals surface area contributed by atoms with Gasteiger partial charge in [0, 0.05) is 18.0 Å². The molecule has 3 rings (SSSR count). The molecular weight excluding hydrogens is 270 g/mol. The molecule has 1 N–H and O–H groups in total. The molecule has 1 aromatic carbocycles. The molecule has 1 heterocycles. The number of aromatic nitrogens is 1. The Balaban J connectivity index is 1.81. The number of rotatable bonds is 3. The highest BCUT2D eigenvalue weighted by molar-refractivity contribution is 6.31. The zero-order valence-electron chi connectivity index (χ0n) is 11.3. The van der Waals surface area contributed by atoms with Crippen LogP contribution in [0.25, 0.3) is 0 Å². The summed E-state index contributed by atoms with van der Waals surface area (Å²) in [6.45, 7) is 0. The minimum atomic E-state index is -0.526. The Labute approximate surface area is 124 Å². The van der Waals surface area contributed by atoms with Crippen molar-refractivity contribution in [1.82, 2.24) is 4.98 Å². The van der Waals surface area contributed by atoms with Gasteiger partial charge in [0.05, 0.1) is 11.1 Å². The highest BCUT2D eigenvalue weighted by atomic mass is 35.5. The molecule has 1 aliphatic carbocycles. The third-order valence-corrected chi connectivity index (χ3v) is 4.48. The maximum Gasteiger partial charge on any atom is 0.0811 e. The minimum Gasteiger partial charge on any atom is -0.388 e. The predicted octanol–water partition coefficient (Wildman–Crippen LogP) is 4.28. The largest absolute Gasteiger partial charge is 0.388 e. The second-order valence-corrected chi connectivity index (χ2v) is 5.84. The lowest BCUT2D eigenvalue weighted by Gasteiger charge is -2.27. The lowest BCUT2D eigenvalue weighted by Crippen LogP contribution is -2.13. The summed E-state index contributed by atoms with van der Waals surface area (Å²) in [6.07, 6.45) is 6.95. The number of aryl methyl sites for hydroxylation is 1. The van der Waals surface area contributed by atoms with Crippen LogP contribution in [-0.4, -0.2) is 10.1 Å². The van der Waals surface area contributed by atoms with Crippen LogP contribution in [0, 0.1) is 0 Å². The maximum absolute atomic E-state index is 10.5. The number of halogens is 1. The van der Waals surface area contributed by atoms with E-state index in [0.29, 0.717) is 10.9 Å². The molecule has 104 valence electrons. The smallest absolute Gasteiger partial charge is 0.0811 e. The molecule has 0 aliphatic heterocycles. The minimum absolute atomic E-state index is 0.416. The molecular formula is C17H18ClNO. The van der Waals surface area contributed by atoms with Crippen LogP contribution in [0.1, 0.15) is 48.0 Å². The van der Waals surface area contributed by atoms with Crippen molar-refractivity contribution in [3.63, 3.8) is 0 Å². The van der Waals surface area contributed by atoms with Crippen LogP contribution in [-0.2, 0) is 6.42 Å². The topological polar surface area (TPSA) is 33.1 Å². The Morgan fingerprint density at radius 3 is 3.00 bits per heavy atom. The molecule has 1 aromatic heterocycles. The third kappa shape index (κ3) is 2.72. The molecule has 0 saturated carbocycles. The fourth-order valence-electron chi connectivity index (χ4n) is 3.15. The number of benzene rings is 1. The molecule has 0 spiro atoms. The average Bonchev–Trinajstić information content (AvgIpc) is 2.48. The van der Waals surface area contributed by atoms with E-state index in [9.17, 15) is 5.11 Å². The first-order valence-electron chi connectivity index (χ1n) is 7.11. The second kappa shape index (κ2) is 5.94. The van der Waals surface area contributed by atoms with Gasteiger partial charge in [-0.1, -0.05) is 35.9 Å². The van der Waals surface area contributed by atoms with Gasteiger partial charge in [-0.05, 0) is 48.8 Å². The Bertz CT molecular complexity index is 599. The van der Waals surface area contributed by atoms with Gasteiger partial charge in [0.25, 0.3) is 0 Å². The Kier molecular flexibility index (Phi) is 4.04. The molecule has 0 amide bonds. The summed E-state index contributed by atoms with van der Waals surface area (Å²) in [5.74, 6) is 0.416. The molecule has 0 saturated heterocycles. The zero-order valence-corrected chi connectivity index (χ0v) is 12.1. The van der Waals surface area contributed by atoms with Crippen LogP contribution >= 0.6 is 11.6 Å². The normalized spacial score (nSPS) is 19.4. The summed E-state index contributed by atoms with van der Waals surface area (Å²) in [7, 11) is 0. The Hall–Kier alpha value is -1.38. The summed E-state index contributed by atoms with van der Waals surface area (Å²) < 4.78 is 0.